The molecule has 2 heterocycles. The Balaban J connectivity index is 0.00000480. The van der Waals surface area contributed by atoms with E-state index in [1.165, 1.54) is 12.3 Å². The SMILES string of the molecule is CCNC(=NCCCN1CCCCCC1=O)NCCOc1ncccc1C(F)(F)F.I. The van der Waals surface area contributed by atoms with Gasteiger partial charge in [0.1, 0.15) is 12.2 Å². The van der Waals surface area contributed by atoms with Gasteiger partial charge in [0.2, 0.25) is 11.8 Å². The predicted molar refractivity (Wildman–Crippen MR) is 124 cm³/mol. The summed E-state index contributed by atoms with van der Waals surface area (Å²) in [5, 5.41) is 6.11. The monoisotopic (exact) mass is 557 g/mol. The lowest BCUT2D eigenvalue weighted by Gasteiger charge is -2.20. The van der Waals surface area contributed by atoms with Crippen LogP contribution in [0.15, 0.2) is 23.3 Å². The van der Waals surface area contributed by atoms with Crippen LogP contribution in [-0.2, 0) is 11.0 Å². The Bertz CT molecular complexity index is 704. The summed E-state index contributed by atoms with van der Waals surface area (Å²) in [4.78, 5) is 22.0. The molecule has 11 heteroatoms. The van der Waals surface area contributed by atoms with Crippen molar-refractivity contribution in [3.05, 3.63) is 23.9 Å². The number of guanidine groups is 1. The number of ether oxygens (including phenoxy) is 1. The van der Waals surface area contributed by atoms with Crippen molar-refractivity contribution < 1.29 is 22.7 Å². The number of hydrogen-bond acceptors (Lipinski definition) is 4. The van der Waals surface area contributed by atoms with Gasteiger partial charge in [0.05, 0.1) is 6.54 Å². The average Bonchev–Trinajstić information content (AvgIpc) is 2.92. The quantitative estimate of drug-likeness (QED) is 0.211. The van der Waals surface area contributed by atoms with E-state index in [-0.39, 0.29) is 43.0 Å². The van der Waals surface area contributed by atoms with Gasteiger partial charge in [-0.05, 0) is 38.3 Å². The summed E-state index contributed by atoms with van der Waals surface area (Å²) in [5.41, 5.74) is -0.895. The molecule has 1 aromatic rings. The Morgan fingerprint density at radius 3 is 2.84 bits per heavy atom. The van der Waals surface area contributed by atoms with E-state index in [9.17, 15) is 18.0 Å². The van der Waals surface area contributed by atoms with Gasteiger partial charge in [-0.25, -0.2) is 4.98 Å². The molecule has 0 atom stereocenters. The molecule has 1 aliphatic heterocycles. The summed E-state index contributed by atoms with van der Waals surface area (Å²) < 4.78 is 44.1. The predicted octanol–water partition coefficient (Wildman–Crippen LogP) is 3.45. The van der Waals surface area contributed by atoms with Crippen LogP contribution in [0.1, 0.15) is 44.6 Å². The van der Waals surface area contributed by atoms with Crippen LogP contribution in [0, 0.1) is 0 Å². The number of halogens is 4. The molecule has 31 heavy (non-hydrogen) atoms. The van der Waals surface area contributed by atoms with Crippen molar-refractivity contribution in [1.82, 2.24) is 20.5 Å². The van der Waals surface area contributed by atoms with Gasteiger partial charge in [0.25, 0.3) is 0 Å². The second kappa shape index (κ2) is 14.3. The minimum atomic E-state index is -4.51. The summed E-state index contributed by atoms with van der Waals surface area (Å²) >= 11 is 0. The molecule has 1 saturated heterocycles. The second-order valence-electron chi connectivity index (χ2n) is 6.93. The van der Waals surface area contributed by atoms with Crippen LogP contribution in [0.4, 0.5) is 13.2 Å². The minimum Gasteiger partial charge on any atom is -0.475 e. The molecule has 0 radical (unpaired) electrons. The van der Waals surface area contributed by atoms with Crippen LogP contribution < -0.4 is 15.4 Å². The molecule has 0 saturated carbocycles. The second-order valence-corrected chi connectivity index (χ2v) is 6.93. The number of aliphatic imine (C=N–C) groups is 1. The molecule has 7 nitrogen and oxygen atoms in total. The maximum absolute atomic E-state index is 13.0. The van der Waals surface area contributed by atoms with E-state index in [1.54, 1.807) is 0 Å². The molecule has 176 valence electrons. The van der Waals surface area contributed by atoms with E-state index < -0.39 is 17.6 Å². The summed E-state index contributed by atoms with van der Waals surface area (Å²) in [6.45, 7) is 4.88. The zero-order chi connectivity index (χ0) is 21.8. The molecule has 0 aromatic carbocycles. The largest absolute Gasteiger partial charge is 0.475 e. The number of alkyl halides is 3. The molecule has 1 aromatic heterocycles. The number of nitrogens with one attached hydrogen (secondary N) is 2. The van der Waals surface area contributed by atoms with Gasteiger partial charge in [-0.3, -0.25) is 9.79 Å². The molecule has 1 amide bonds. The highest BCUT2D eigenvalue weighted by atomic mass is 127. The first-order valence-corrected chi connectivity index (χ1v) is 10.4. The fourth-order valence-corrected chi connectivity index (χ4v) is 3.11. The number of rotatable bonds is 9. The molecule has 1 aliphatic rings. The maximum atomic E-state index is 13.0. The standard InChI is InChI=1S/C20H30F3N5O2.HI/c1-2-24-19(26-11-7-14-28-13-5-3-4-9-17(28)29)27-12-15-30-18-16(20(21,22)23)8-6-10-25-18;/h6,8,10H,2-5,7,9,11-15H2,1H3,(H2,24,26,27);1H. The van der Waals surface area contributed by atoms with Crippen molar-refractivity contribution in [2.24, 2.45) is 4.99 Å². The fourth-order valence-electron chi connectivity index (χ4n) is 3.11. The normalized spacial score (nSPS) is 15.2. The lowest BCUT2D eigenvalue weighted by molar-refractivity contribution is -0.139. The summed E-state index contributed by atoms with van der Waals surface area (Å²) in [6.07, 6.45) is 1.24. The topological polar surface area (TPSA) is 78.9 Å². The van der Waals surface area contributed by atoms with Crippen molar-refractivity contribution in [3.63, 3.8) is 0 Å². The lowest BCUT2D eigenvalue weighted by atomic mass is 10.2. The first-order chi connectivity index (χ1) is 14.4. The van der Waals surface area contributed by atoms with Gasteiger partial charge >= 0.3 is 6.18 Å². The van der Waals surface area contributed by atoms with Crippen LogP contribution >= 0.6 is 24.0 Å². The summed E-state index contributed by atoms with van der Waals surface area (Å²) in [5.74, 6) is 0.336. The third-order valence-electron chi connectivity index (χ3n) is 4.58. The van der Waals surface area contributed by atoms with Crippen molar-refractivity contribution in [2.75, 3.05) is 39.3 Å². The Labute approximate surface area is 198 Å². The van der Waals surface area contributed by atoms with Gasteiger partial charge in [0, 0.05) is 38.8 Å². The number of carbonyl (C=O) groups excluding carboxylic acids is 1. The van der Waals surface area contributed by atoms with E-state index in [0.29, 0.717) is 32.0 Å². The third kappa shape index (κ3) is 9.92. The van der Waals surface area contributed by atoms with Crippen LogP contribution in [-0.4, -0.2) is 61.1 Å². The molecule has 2 rings (SSSR count). The number of hydrogen-bond donors (Lipinski definition) is 2. The molecule has 0 unspecified atom stereocenters. The number of nitrogens with zero attached hydrogens (tertiary/aromatic N) is 3. The molecular formula is C20H31F3IN5O2. The van der Waals surface area contributed by atoms with Gasteiger partial charge in [-0.1, -0.05) is 6.42 Å². The molecule has 0 bridgehead atoms. The van der Waals surface area contributed by atoms with Crippen molar-refractivity contribution in [2.45, 2.75) is 45.2 Å². The lowest BCUT2D eigenvalue weighted by Crippen LogP contribution is -2.39. The van der Waals surface area contributed by atoms with Crippen LogP contribution in [0.2, 0.25) is 0 Å². The molecule has 0 spiro atoms. The van der Waals surface area contributed by atoms with Crippen LogP contribution in [0.3, 0.4) is 0 Å². The molecule has 0 aliphatic carbocycles. The highest BCUT2D eigenvalue weighted by molar-refractivity contribution is 14.0. The number of likely N-dealkylation sites (tertiary alicyclic amines) is 1. The fraction of sp³-hybridized carbons (Fsp3) is 0.650. The van der Waals surface area contributed by atoms with Crippen molar-refractivity contribution in [1.29, 1.82) is 0 Å². The Morgan fingerprint density at radius 2 is 2.10 bits per heavy atom. The van der Waals surface area contributed by atoms with E-state index in [0.717, 1.165) is 38.3 Å². The number of pyridine rings is 1. The van der Waals surface area contributed by atoms with Gasteiger partial charge < -0.3 is 20.3 Å². The van der Waals surface area contributed by atoms with E-state index in [1.807, 2.05) is 11.8 Å². The number of aromatic nitrogens is 1. The first kappa shape index (κ1) is 27.2. The first-order valence-electron chi connectivity index (χ1n) is 10.4. The van der Waals surface area contributed by atoms with Crippen molar-refractivity contribution in [3.8, 4) is 5.88 Å². The highest BCUT2D eigenvalue weighted by Crippen LogP contribution is 2.34. The van der Waals surface area contributed by atoms with Crippen molar-refractivity contribution >= 4 is 35.8 Å². The maximum Gasteiger partial charge on any atom is 0.421 e. The van der Waals surface area contributed by atoms with E-state index in [4.69, 9.17) is 4.74 Å². The Kier molecular flexibility index (Phi) is 12.6. The molecule has 2 N–H and O–H groups in total. The van der Waals surface area contributed by atoms with E-state index in [2.05, 4.69) is 20.6 Å². The Morgan fingerprint density at radius 1 is 1.29 bits per heavy atom. The smallest absolute Gasteiger partial charge is 0.421 e. The zero-order valence-corrected chi connectivity index (χ0v) is 20.0. The minimum absolute atomic E-state index is 0. The van der Waals surface area contributed by atoms with Crippen LogP contribution in [0.5, 0.6) is 5.88 Å². The molecule has 1 fully saturated rings. The Hall–Kier alpha value is -1.79. The summed E-state index contributed by atoms with van der Waals surface area (Å²) in [6, 6.07) is 2.17. The number of amides is 1. The third-order valence-corrected chi connectivity index (χ3v) is 4.58. The van der Waals surface area contributed by atoms with Gasteiger partial charge in [-0.15, -0.1) is 24.0 Å². The average molecular weight is 557 g/mol. The van der Waals surface area contributed by atoms with Gasteiger partial charge in [0.15, 0.2) is 5.96 Å². The van der Waals surface area contributed by atoms with Crippen LogP contribution in [0.25, 0.3) is 0 Å². The highest BCUT2D eigenvalue weighted by Gasteiger charge is 2.35. The molecular weight excluding hydrogens is 526 g/mol. The summed E-state index contributed by atoms with van der Waals surface area (Å²) in [7, 11) is 0. The number of carbonyl (C=O) groups is 1. The van der Waals surface area contributed by atoms with E-state index >= 15 is 0 Å². The zero-order valence-electron chi connectivity index (χ0n) is 17.7. The van der Waals surface area contributed by atoms with Gasteiger partial charge in [-0.2, -0.15) is 13.2 Å².